The molecule has 0 N–H and O–H groups in total. The molecular weight excluding hydrogens is 238 g/mol. The van der Waals surface area contributed by atoms with E-state index in [9.17, 15) is 4.79 Å². The third kappa shape index (κ3) is 3.43. The Morgan fingerprint density at radius 3 is 2.95 bits per heavy atom. The highest BCUT2D eigenvalue weighted by Crippen LogP contribution is 2.33. The maximum atomic E-state index is 12.1. The number of aryl methyl sites for hydroxylation is 1. The number of ketones is 1. The van der Waals surface area contributed by atoms with Crippen molar-refractivity contribution < 1.29 is 4.79 Å². The van der Waals surface area contributed by atoms with Crippen molar-refractivity contribution in [1.29, 1.82) is 0 Å². The van der Waals surface area contributed by atoms with Crippen LogP contribution in [0.2, 0.25) is 0 Å². The van der Waals surface area contributed by atoms with Gasteiger partial charge in [-0.1, -0.05) is 20.8 Å². The van der Waals surface area contributed by atoms with Gasteiger partial charge in [-0.3, -0.25) is 9.48 Å². The van der Waals surface area contributed by atoms with Gasteiger partial charge in [0.1, 0.15) is 17.9 Å². The second kappa shape index (κ2) is 6.31. The molecule has 0 amide bonds. The lowest BCUT2D eigenvalue weighted by Gasteiger charge is -2.30. The number of hydrogen-bond acceptors (Lipinski definition) is 3. The summed E-state index contributed by atoms with van der Waals surface area (Å²) in [5.41, 5.74) is 0. The minimum absolute atomic E-state index is 0.154. The molecule has 0 saturated heterocycles. The molecule has 2 atom stereocenters. The van der Waals surface area contributed by atoms with Crippen molar-refractivity contribution in [1.82, 2.24) is 14.8 Å². The summed E-state index contributed by atoms with van der Waals surface area (Å²) in [6.45, 7) is 7.55. The quantitative estimate of drug-likeness (QED) is 0.820. The van der Waals surface area contributed by atoms with Gasteiger partial charge in [0.2, 0.25) is 0 Å². The molecule has 0 aromatic carbocycles. The Kier molecular flexibility index (Phi) is 4.72. The first-order chi connectivity index (χ1) is 9.11. The van der Waals surface area contributed by atoms with Crippen molar-refractivity contribution in [3.8, 4) is 0 Å². The van der Waals surface area contributed by atoms with Gasteiger partial charge in [0.25, 0.3) is 0 Å². The largest absolute Gasteiger partial charge is 0.299 e. The zero-order chi connectivity index (χ0) is 13.8. The maximum Gasteiger partial charge on any atom is 0.138 e. The van der Waals surface area contributed by atoms with Crippen LogP contribution >= 0.6 is 0 Å². The Hall–Kier alpha value is -1.19. The fourth-order valence-electron chi connectivity index (χ4n) is 3.01. The zero-order valence-electron chi connectivity index (χ0n) is 12.3. The molecule has 4 nitrogen and oxygen atoms in total. The summed E-state index contributed by atoms with van der Waals surface area (Å²) in [7, 11) is 0. The molecular formula is C15H25N3O. The molecule has 0 radical (unpaired) electrons. The number of aromatic nitrogens is 3. The van der Waals surface area contributed by atoms with Crippen molar-refractivity contribution in [2.75, 3.05) is 0 Å². The number of hydrogen-bond donors (Lipinski definition) is 0. The summed E-state index contributed by atoms with van der Waals surface area (Å²) >= 11 is 0. The van der Waals surface area contributed by atoms with E-state index in [0.717, 1.165) is 44.5 Å². The van der Waals surface area contributed by atoms with Crippen molar-refractivity contribution in [2.24, 2.45) is 17.8 Å². The van der Waals surface area contributed by atoms with Crippen LogP contribution in [-0.4, -0.2) is 20.5 Å². The standard InChI is InChI=1S/C15H25N3O/c1-4-7-18-15(16-10-17-18)9-13-8-12(11(2)3)5-6-14(13)19/h10-13H,4-9H2,1-3H3. The van der Waals surface area contributed by atoms with Gasteiger partial charge in [-0.05, 0) is 31.1 Å². The Bertz CT molecular complexity index is 425. The summed E-state index contributed by atoms with van der Waals surface area (Å²) in [4.78, 5) is 16.4. The number of rotatable bonds is 5. The maximum absolute atomic E-state index is 12.1. The molecule has 1 aliphatic carbocycles. The first kappa shape index (κ1) is 14.2. The number of Topliss-reactive ketones (excluding diaryl/α,β-unsaturated/α-hetero) is 1. The summed E-state index contributed by atoms with van der Waals surface area (Å²) in [5.74, 6) is 2.91. The van der Waals surface area contributed by atoms with E-state index in [1.807, 2.05) is 4.68 Å². The number of nitrogens with zero attached hydrogens (tertiary/aromatic N) is 3. The highest BCUT2D eigenvalue weighted by atomic mass is 16.1. The third-order valence-electron chi connectivity index (χ3n) is 4.31. The molecule has 106 valence electrons. The smallest absolute Gasteiger partial charge is 0.138 e. The van der Waals surface area contributed by atoms with E-state index >= 15 is 0 Å². The Labute approximate surface area is 115 Å². The van der Waals surface area contributed by atoms with E-state index in [0.29, 0.717) is 17.6 Å². The van der Waals surface area contributed by atoms with Crippen LogP contribution in [0.4, 0.5) is 0 Å². The lowest BCUT2D eigenvalue weighted by atomic mass is 9.74. The number of carbonyl (C=O) groups excluding carboxylic acids is 1. The second-order valence-electron chi connectivity index (χ2n) is 6.05. The molecule has 1 aromatic rings. The van der Waals surface area contributed by atoms with E-state index in [1.54, 1.807) is 6.33 Å². The van der Waals surface area contributed by atoms with Crippen LogP contribution in [0, 0.1) is 17.8 Å². The molecule has 1 aromatic heterocycles. The fraction of sp³-hybridized carbons (Fsp3) is 0.800. The summed E-state index contributed by atoms with van der Waals surface area (Å²) < 4.78 is 1.95. The number of carbonyl (C=O) groups is 1. The average Bonchev–Trinajstić information content (AvgIpc) is 2.80. The Morgan fingerprint density at radius 1 is 1.47 bits per heavy atom. The van der Waals surface area contributed by atoms with Gasteiger partial charge in [-0.15, -0.1) is 0 Å². The molecule has 1 heterocycles. The van der Waals surface area contributed by atoms with Crippen LogP contribution in [0.3, 0.4) is 0 Å². The third-order valence-corrected chi connectivity index (χ3v) is 4.31. The van der Waals surface area contributed by atoms with E-state index < -0.39 is 0 Å². The Morgan fingerprint density at radius 2 is 2.26 bits per heavy atom. The SMILES string of the molecule is CCCn1ncnc1CC1CC(C(C)C)CCC1=O. The van der Waals surface area contributed by atoms with Crippen LogP contribution in [0.5, 0.6) is 0 Å². The van der Waals surface area contributed by atoms with Gasteiger partial charge in [0, 0.05) is 25.3 Å². The summed E-state index contributed by atoms with van der Waals surface area (Å²) in [6.07, 6.45) is 6.25. The normalized spacial score (nSPS) is 24.1. The second-order valence-corrected chi connectivity index (χ2v) is 6.05. The van der Waals surface area contributed by atoms with Gasteiger partial charge in [0.05, 0.1) is 0 Å². The fourth-order valence-corrected chi connectivity index (χ4v) is 3.01. The van der Waals surface area contributed by atoms with Gasteiger partial charge >= 0.3 is 0 Å². The molecule has 2 unspecified atom stereocenters. The summed E-state index contributed by atoms with van der Waals surface area (Å²) in [6, 6.07) is 0. The van der Waals surface area contributed by atoms with E-state index in [2.05, 4.69) is 30.9 Å². The average molecular weight is 263 g/mol. The lowest BCUT2D eigenvalue weighted by Crippen LogP contribution is -2.29. The van der Waals surface area contributed by atoms with Crippen LogP contribution in [0.1, 0.15) is 52.3 Å². The van der Waals surface area contributed by atoms with Crippen molar-refractivity contribution in [3.63, 3.8) is 0 Å². The van der Waals surface area contributed by atoms with Gasteiger partial charge in [-0.25, -0.2) is 4.98 Å². The van der Waals surface area contributed by atoms with Gasteiger partial charge in [-0.2, -0.15) is 5.10 Å². The highest BCUT2D eigenvalue weighted by molar-refractivity contribution is 5.81. The molecule has 0 aliphatic heterocycles. The molecule has 1 aliphatic rings. The van der Waals surface area contributed by atoms with Gasteiger partial charge in [0.15, 0.2) is 0 Å². The zero-order valence-corrected chi connectivity index (χ0v) is 12.3. The van der Waals surface area contributed by atoms with Crippen molar-refractivity contribution in [3.05, 3.63) is 12.2 Å². The molecule has 0 bridgehead atoms. The van der Waals surface area contributed by atoms with Crippen LogP contribution in [0.25, 0.3) is 0 Å². The Balaban J connectivity index is 2.03. The molecule has 1 saturated carbocycles. The lowest BCUT2D eigenvalue weighted by molar-refractivity contribution is -0.126. The minimum Gasteiger partial charge on any atom is -0.299 e. The van der Waals surface area contributed by atoms with Crippen molar-refractivity contribution in [2.45, 2.75) is 59.4 Å². The van der Waals surface area contributed by atoms with Gasteiger partial charge < -0.3 is 0 Å². The van der Waals surface area contributed by atoms with Crippen LogP contribution in [0.15, 0.2) is 6.33 Å². The van der Waals surface area contributed by atoms with E-state index in [4.69, 9.17) is 0 Å². The van der Waals surface area contributed by atoms with Crippen LogP contribution in [-0.2, 0) is 17.8 Å². The molecule has 0 spiro atoms. The predicted octanol–water partition coefficient (Wildman–Crippen LogP) is 2.87. The van der Waals surface area contributed by atoms with Crippen LogP contribution < -0.4 is 0 Å². The first-order valence-electron chi connectivity index (χ1n) is 7.51. The monoisotopic (exact) mass is 263 g/mol. The predicted molar refractivity (Wildman–Crippen MR) is 74.7 cm³/mol. The highest BCUT2D eigenvalue weighted by Gasteiger charge is 2.31. The molecule has 19 heavy (non-hydrogen) atoms. The van der Waals surface area contributed by atoms with Crippen molar-refractivity contribution >= 4 is 5.78 Å². The van der Waals surface area contributed by atoms with E-state index in [-0.39, 0.29) is 5.92 Å². The molecule has 2 rings (SSSR count). The summed E-state index contributed by atoms with van der Waals surface area (Å²) in [5, 5.41) is 4.24. The topological polar surface area (TPSA) is 47.8 Å². The molecule has 1 fully saturated rings. The van der Waals surface area contributed by atoms with E-state index in [1.165, 1.54) is 0 Å². The first-order valence-corrected chi connectivity index (χ1v) is 7.51. The molecule has 4 heteroatoms. The minimum atomic E-state index is 0.154.